The van der Waals surface area contributed by atoms with Crippen LogP contribution in [-0.2, 0) is 4.79 Å². The highest BCUT2D eigenvalue weighted by atomic mass is 16.6. The fourth-order valence-electron chi connectivity index (χ4n) is 3.18. The largest absolute Gasteiger partial charge is 0.493 e. The number of imide groups is 1. The van der Waals surface area contributed by atoms with Gasteiger partial charge in [0.25, 0.3) is 17.5 Å². The molecule has 0 aromatic heterocycles. The molecule has 0 unspecified atom stereocenters. The van der Waals surface area contributed by atoms with Gasteiger partial charge in [-0.3, -0.25) is 29.4 Å². The monoisotopic (exact) mass is 443 g/mol. The van der Waals surface area contributed by atoms with Crippen LogP contribution in [0.4, 0.5) is 11.4 Å². The first kappa shape index (κ1) is 22.2. The number of nitro benzene ring substituents is 1. The number of nitro groups is 1. The summed E-state index contributed by atoms with van der Waals surface area (Å²) < 4.78 is 10.2. The number of methoxy groups -OCH3 is 2. The second-order valence-electron chi connectivity index (χ2n) is 6.61. The molecule has 0 aliphatic carbocycles. The zero-order valence-electron chi connectivity index (χ0n) is 16.9. The Balaban J connectivity index is 1.74. The van der Waals surface area contributed by atoms with Gasteiger partial charge < -0.3 is 19.9 Å². The number of hydrogen-bond donors (Lipinski definition) is 2. The van der Waals surface area contributed by atoms with Crippen LogP contribution in [0.25, 0.3) is 0 Å². The van der Waals surface area contributed by atoms with E-state index < -0.39 is 28.6 Å². The van der Waals surface area contributed by atoms with Gasteiger partial charge in [-0.2, -0.15) is 0 Å². The quantitative estimate of drug-likeness (QED) is 0.352. The number of carboxylic acid groups (broad SMARTS) is 1. The number of anilines is 1. The van der Waals surface area contributed by atoms with Crippen molar-refractivity contribution in [2.24, 2.45) is 0 Å². The van der Waals surface area contributed by atoms with E-state index in [1.165, 1.54) is 32.4 Å². The Labute approximate surface area is 180 Å². The van der Waals surface area contributed by atoms with Gasteiger partial charge in [0, 0.05) is 37.2 Å². The summed E-state index contributed by atoms with van der Waals surface area (Å²) >= 11 is 0. The van der Waals surface area contributed by atoms with E-state index in [0.29, 0.717) is 0 Å². The van der Waals surface area contributed by atoms with Gasteiger partial charge in [-0.1, -0.05) is 0 Å². The Bertz CT molecular complexity index is 1160. The average Bonchev–Trinajstić information content (AvgIpc) is 3.00. The van der Waals surface area contributed by atoms with Crippen molar-refractivity contribution in [3.05, 3.63) is 57.1 Å². The molecule has 32 heavy (non-hydrogen) atoms. The number of rotatable bonds is 8. The summed E-state index contributed by atoms with van der Waals surface area (Å²) in [5, 5.41) is 22.7. The van der Waals surface area contributed by atoms with Crippen LogP contribution in [0, 0.1) is 10.1 Å². The molecule has 0 radical (unpaired) electrons. The standard InChI is InChI=1S/C20H17N3O9/c1-31-15-8-13(20(27)28)14(9-16(15)32-2)21-17(24)5-6-22-18(25)11-4-3-10(23(29)30)7-12(11)19(22)26/h3-4,7-9H,5-6H2,1-2H3,(H,21,24)(H,27,28). The number of nitrogens with one attached hydrogen (secondary N) is 1. The van der Waals surface area contributed by atoms with E-state index in [4.69, 9.17) is 9.47 Å². The Morgan fingerprint density at radius 1 is 1.06 bits per heavy atom. The molecule has 0 spiro atoms. The number of carboxylic acids is 1. The molecule has 1 heterocycles. The molecule has 1 aliphatic heterocycles. The molecule has 0 fully saturated rings. The lowest BCUT2D eigenvalue weighted by Gasteiger charge is -2.15. The first-order chi connectivity index (χ1) is 15.2. The van der Waals surface area contributed by atoms with Gasteiger partial charge >= 0.3 is 5.97 Å². The maximum atomic E-state index is 12.5. The van der Waals surface area contributed by atoms with Crippen molar-refractivity contribution in [3.63, 3.8) is 0 Å². The third-order valence-electron chi connectivity index (χ3n) is 4.76. The van der Waals surface area contributed by atoms with E-state index >= 15 is 0 Å². The maximum absolute atomic E-state index is 12.5. The highest BCUT2D eigenvalue weighted by Crippen LogP contribution is 2.33. The molecule has 2 aromatic carbocycles. The summed E-state index contributed by atoms with van der Waals surface area (Å²) in [5.41, 5.74) is -0.743. The number of benzene rings is 2. The lowest BCUT2D eigenvalue weighted by Crippen LogP contribution is -2.33. The SMILES string of the molecule is COc1cc(NC(=O)CCN2C(=O)c3ccc([N+](=O)[O-])cc3C2=O)c(C(=O)O)cc1OC. The third-order valence-corrected chi connectivity index (χ3v) is 4.76. The van der Waals surface area contributed by atoms with Crippen LogP contribution >= 0.6 is 0 Å². The average molecular weight is 443 g/mol. The highest BCUT2D eigenvalue weighted by molar-refractivity contribution is 6.21. The maximum Gasteiger partial charge on any atom is 0.337 e. The Hall–Kier alpha value is -4.48. The summed E-state index contributed by atoms with van der Waals surface area (Å²) in [6.45, 7) is -0.304. The Morgan fingerprint density at radius 2 is 1.69 bits per heavy atom. The lowest BCUT2D eigenvalue weighted by atomic mass is 10.1. The molecule has 0 saturated heterocycles. The van der Waals surface area contributed by atoms with Crippen molar-refractivity contribution in [1.82, 2.24) is 4.90 Å². The van der Waals surface area contributed by atoms with Crippen LogP contribution in [0.1, 0.15) is 37.5 Å². The number of fused-ring (bicyclic) bond motifs is 1. The molecule has 3 rings (SSSR count). The number of ether oxygens (including phenoxy) is 2. The minimum Gasteiger partial charge on any atom is -0.493 e. The van der Waals surface area contributed by atoms with E-state index in [-0.39, 0.29) is 52.5 Å². The number of amides is 3. The predicted octanol–water partition coefficient (Wildman–Crippen LogP) is 1.94. The van der Waals surface area contributed by atoms with Crippen LogP contribution in [0.3, 0.4) is 0 Å². The molecule has 0 bridgehead atoms. The molecule has 0 saturated carbocycles. The van der Waals surface area contributed by atoms with Crippen molar-refractivity contribution in [2.75, 3.05) is 26.1 Å². The molecule has 2 aromatic rings. The van der Waals surface area contributed by atoms with Crippen LogP contribution in [-0.4, -0.2) is 59.4 Å². The van der Waals surface area contributed by atoms with Gasteiger partial charge in [-0.05, 0) is 6.07 Å². The molecule has 1 aliphatic rings. The van der Waals surface area contributed by atoms with Gasteiger partial charge in [0.15, 0.2) is 11.5 Å². The molecule has 0 atom stereocenters. The first-order valence-corrected chi connectivity index (χ1v) is 9.11. The van der Waals surface area contributed by atoms with Gasteiger partial charge in [0.1, 0.15) is 0 Å². The topological polar surface area (TPSA) is 165 Å². The highest BCUT2D eigenvalue weighted by Gasteiger charge is 2.36. The van der Waals surface area contributed by atoms with E-state index in [9.17, 15) is 34.4 Å². The molecule has 2 N–H and O–H groups in total. The van der Waals surface area contributed by atoms with Crippen molar-refractivity contribution < 1.29 is 38.7 Å². The smallest absolute Gasteiger partial charge is 0.337 e. The summed E-state index contributed by atoms with van der Waals surface area (Å²) in [4.78, 5) is 59.9. The minimum absolute atomic E-state index is 0.00839. The van der Waals surface area contributed by atoms with Crippen LogP contribution in [0.2, 0.25) is 0 Å². The fraction of sp³-hybridized carbons (Fsp3) is 0.200. The van der Waals surface area contributed by atoms with Crippen molar-refractivity contribution in [2.45, 2.75) is 6.42 Å². The number of hydrogen-bond acceptors (Lipinski definition) is 8. The van der Waals surface area contributed by atoms with Gasteiger partial charge in [0.05, 0.1) is 41.5 Å². The Kier molecular flexibility index (Phi) is 6.05. The Morgan fingerprint density at radius 3 is 2.28 bits per heavy atom. The lowest BCUT2D eigenvalue weighted by molar-refractivity contribution is -0.384. The molecule has 166 valence electrons. The molecule has 3 amide bonds. The van der Waals surface area contributed by atoms with E-state index in [0.717, 1.165) is 17.0 Å². The van der Waals surface area contributed by atoms with E-state index in [1.807, 2.05) is 0 Å². The van der Waals surface area contributed by atoms with E-state index in [2.05, 4.69) is 5.32 Å². The number of carbonyl (C=O) groups is 4. The molecule has 12 nitrogen and oxygen atoms in total. The normalized spacial score (nSPS) is 12.4. The predicted molar refractivity (Wildman–Crippen MR) is 108 cm³/mol. The number of aromatic carboxylic acids is 1. The summed E-state index contributed by atoms with van der Waals surface area (Å²) in [7, 11) is 2.68. The molecular weight excluding hydrogens is 426 g/mol. The third kappa shape index (κ3) is 4.05. The van der Waals surface area contributed by atoms with Crippen molar-refractivity contribution >= 4 is 35.1 Å². The van der Waals surface area contributed by atoms with Gasteiger partial charge in [-0.15, -0.1) is 0 Å². The number of non-ortho nitro benzene ring substituents is 1. The summed E-state index contributed by atoms with van der Waals surface area (Å²) in [5.74, 6) is -3.06. The van der Waals surface area contributed by atoms with Gasteiger partial charge in [0.2, 0.25) is 5.91 Å². The number of nitrogens with zero attached hydrogens (tertiary/aromatic N) is 2. The molecule has 12 heteroatoms. The fourth-order valence-corrected chi connectivity index (χ4v) is 3.18. The van der Waals surface area contributed by atoms with Crippen molar-refractivity contribution in [1.29, 1.82) is 0 Å². The number of carbonyl (C=O) groups excluding carboxylic acids is 3. The zero-order chi connectivity index (χ0) is 23.6. The van der Waals surface area contributed by atoms with Gasteiger partial charge in [-0.25, -0.2) is 4.79 Å². The van der Waals surface area contributed by atoms with Crippen LogP contribution in [0.5, 0.6) is 11.5 Å². The van der Waals surface area contributed by atoms with E-state index in [1.54, 1.807) is 0 Å². The van der Waals surface area contributed by atoms with Crippen LogP contribution < -0.4 is 14.8 Å². The van der Waals surface area contributed by atoms with Crippen molar-refractivity contribution in [3.8, 4) is 11.5 Å². The second-order valence-corrected chi connectivity index (χ2v) is 6.61. The molecular formula is C20H17N3O9. The summed E-state index contributed by atoms with van der Waals surface area (Å²) in [6.07, 6.45) is -0.332. The second kappa shape index (κ2) is 8.71. The first-order valence-electron chi connectivity index (χ1n) is 9.11. The zero-order valence-corrected chi connectivity index (χ0v) is 16.9. The van der Waals surface area contributed by atoms with Crippen LogP contribution in [0.15, 0.2) is 30.3 Å². The summed E-state index contributed by atoms with van der Waals surface area (Å²) in [6, 6.07) is 5.79. The minimum atomic E-state index is -1.32.